The molecule has 0 aromatic heterocycles. The van der Waals surface area contributed by atoms with Gasteiger partial charge in [-0.1, -0.05) is 62.4 Å². The highest BCUT2D eigenvalue weighted by molar-refractivity contribution is 5.86. The summed E-state index contributed by atoms with van der Waals surface area (Å²) < 4.78 is 5.58. The van der Waals surface area contributed by atoms with Gasteiger partial charge in [-0.25, -0.2) is 4.79 Å². The lowest BCUT2D eigenvalue weighted by molar-refractivity contribution is -0.138. The number of hydrogen-bond acceptors (Lipinski definition) is 5. The van der Waals surface area contributed by atoms with Crippen LogP contribution in [0, 0.1) is 5.92 Å². The van der Waals surface area contributed by atoms with Gasteiger partial charge in [0.05, 0.1) is 6.42 Å². The predicted octanol–water partition coefficient (Wildman–Crippen LogP) is 3.07. The van der Waals surface area contributed by atoms with Crippen molar-refractivity contribution in [1.82, 2.24) is 15.5 Å². The van der Waals surface area contributed by atoms with E-state index in [0.717, 1.165) is 22.3 Å². The summed E-state index contributed by atoms with van der Waals surface area (Å²) in [5.41, 5.74) is 4.48. The van der Waals surface area contributed by atoms with Gasteiger partial charge >= 0.3 is 12.1 Å². The van der Waals surface area contributed by atoms with E-state index in [1.54, 1.807) is 19.0 Å². The van der Waals surface area contributed by atoms with Crippen molar-refractivity contribution in [3.63, 3.8) is 0 Å². The molecule has 8 heteroatoms. The summed E-state index contributed by atoms with van der Waals surface area (Å²) in [5, 5.41) is 14.6. The maximum atomic E-state index is 12.9. The average Bonchev–Trinajstić information content (AvgIpc) is 3.10. The number of nitrogens with one attached hydrogen (secondary N) is 2. The average molecular weight is 468 g/mol. The third kappa shape index (κ3) is 6.14. The topological polar surface area (TPSA) is 108 Å². The minimum atomic E-state index is -0.993. The van der Waals surface area contributed by atoms with E-state index in [2.05, 4.69) is 22.8 Å². The van der Waals surface area contributed by atoms with Crippen molar-refractivity contribution in [2.45, 2.75) is 38.3 Å². The molecule has 0 fully saturated rings. The summed E-state index contributed by atoms with van der Waals surface area (Å²) in [4.78, 5) is 38.5. The van der Waals surface area contributed by atoms with Gasteiger partial charge in [-0.15, -0.1) is 0 Å². The molecule has 182 valence electrons. The molecule has 0 saturated heterocycles. The molecule has 2 aromatic rings. The number of likely N-dealkylation sites (N-methyl/N-ethyl adjacent to an activating group) is 1. The van der Waals surface area contributed by atoms with Gasteiger partial charge in [0.15, 0.2) is 0 Å². The molecule has 0 spiro atoms. The number of carboxylic acids is 1. The number of carboxylic acid groups (broad SMARTS) is 1. The lowest BCUT2D eigenvalue weighted by Gasteiger charge is -2.26. The van der Waals surface area contributed by atoms with Crippen LogP contribution in [0.1, 0.15) is 37.3 Å². The number of nitrogens with zero attached hydrogens (tertiary/aromatic N) is 1. The number of amides is 2. The summed E-state index contributed by atoms with van der Waals surface area (Å²) in [6.07, 6.45) is -0.883. The Balaban J connectivity index is 1.66. The van der Waals surface area contributed by atoms with E-state index in [4.69, 9.17) is 9.84 Å². The molecule has 3 rings (SSSR count). The molecule has 1 unspecified atom stereocenters. The third-order valence-electron chi connectivity index (χ3n) is 6.03. The number of alkyl carbamates (subject to hydrolysis) is 1. The van der Waals surface area contributed by atoms with E-state index in [9.17, 15) is 14.4 Å². The molecule has 0 radical (unpaired) electrons. The first-order valence-electron chi connectivity index (χ1n) is 11.5. The molecule has 34 heavy (non-hydrogen) atoms. The van der Waals surface area contributed by atoms with Gasteiger partial charge < -0.3 is 25.4 Å². The van der Waals surface area contributed by atoms with Crippen molar-refractivity contribution in [2.75, 3.05) is 27.2 Å². The minimum absolute atomic E-state index is 0.0745. The Hall–Kier alpha value is -3.39. The molecular weight excluding hydrogens is 434 g/mol. The quantitative estimate of drug-likeness (QED) is 0.496. The molecule has 0 aliphatic heterocycles. The van der Waals surface area contributed by atoms with Gasteiger partial charge in [-0.2, -0.15) is 0 Å². The van der Waals surface area contributed by atoms with E-state index in [1.807, 2.05) is 50.2 Å². The van der Waals surface area contributed by atoms with Crippen LogP contribution in [0.25, 0.3) is 11.1 Å². The van der Waals surface area contributed by atoms with Crippen LogP contribution in [0.15, 0.2) is 48.5 Å². The fourth-order valence-corrected chi connectivity index (χ4v) is 4.27. The number of hydrogen-bond donors (Lipinski definition) is 3. The fraction of sp³-hybridized carbons (Fsp3) is 0.423. The summed E-state index contributed by atoms with van der Waals surface area (Å²) in [6.45, 7) is 4.07. The van der Waals surface area contributed by atoms with Crippen LogP contribution in [0.4, 0.5) is 4.79 Å². The monoisotopic (exact) mass is 467 g/mol. The lowest BCUT2D eigenvalue weighted by atomic mass is 9.98. The van der Waals surface area contributed by atoms with Crippen LogP contribution in [-0.2, 0) is 14.3 Å². The molecule has 2 amide bonds. The first kappa shape index (κ1) is 25.2. The molecule has 0 bridgehead atoms. The zero-order chi connectivity index (χ0) is 24.8. The van der Waals surface area contributed by atoms with Crippen molar-refractivity contribution >= 4 is 18.0 Å². The molecule has 2 aromatic carbocycles. The largest absolute Gasteiger partial charge is 0.481 e. The number of rotatable bonds is 10. The number of carbonyl (C=O) groups is 3. The first-order chi connectivity index (χ1) is 16.2. The lowest BCUT2D eigenvalue weighted by Crippen LogP contribution is -2.54. The molecule has 3 N–H and O–H groups in total. The second kappa shape index (κ2) is 11.2. The van der Waals surface area contributed by atoms with E-state index in [1.165, 1.54) is 0 Å². The van der Waals surface area contributed by atoms with Crippen LogP contribution in [0.5, 0.6) is 0 Å². The summed E-state index contributed by atoms with van der Waals surface area (Å²) in [6, 6.07) is 14.7. The van der Waals surface area contributed by atoms with Gasteiger partial charge in [0.25, 0.3) is 0 Å². The van der Waals surface area contributed by atoms with Crippen molar-refractivity contribution < 1.29 is 24.2 Å². The Bertz CT molecular complexity index is 991. The van der Waals surface area contributed by atoms with Crippen LogP contribution in [-0.4, -0.2) is 67.3 Å². The summed E-state index contributed by atoms with van der Waals surface area (Å²) >= 11 is 0. The van der Waals surface area contributed by atoms with E-state index < -0.39 is 30.1 Å². The highest BCUT2D eigenvalue weighted by atomic mass is 16.5. The Morgan fingerprint density at radius 3 is 2.03 bits per heavy atom. The van der Waals surface area contributed by atoms with Gasteiger partial charge in [-0.05, 0) is 42.3 Å². The van der Waals surface area contributed by atoms with Gasteiger partial charge in [0.1, 0.15) is 12.6 Å². The van der Waals surface area contributed by atoms with Crippen molar-refractivity contribution in [3.8, 4) is 11.1 Å². The highest BCUT2D eigenvalue weighted by Crippen LogP contribution is 2.44. The number of aliphatic carboxylic acids is 1. The SMILES string of the molecule is CC(C)[C@@H](CC(=O)O)NC(=O)C(CN(C)C)NC(=O)OCC1c2ccccc2-c2ccccc21. The van der Waals surface area contributed by atoms with E-state index >= 15 is 0 Å². The van der Waals surface area contributed by atoms with Crippen molar-refractivity contribution in [3.05, 3.63) is 59.7 Å². The molecule has 8 nitrogen and oxygen atoms in total. The standard InChI is InChI=1S/C26H33N3O5/c1-16(2)22(13-24(30)31)27-25(32)23(14-29(3)4)28-26(33)34-15-21-19-11-7-5-9-17(19)18-10-6-8-12-20(18)21/h5-12,16,21-23H,13-15H2,1-4H3,(H,27,32)(H,28,33)(H,30,31)/t22-,23?/m1/s1. The van der Waals surface area contributed by atoms with Crippen LogP contribution in [0.2, 0.25) is 0 Å². The molecule has 1 aliphatic carbocycles. The van der Waals surface area contributed by atoms with E-state index in [-0.39, 0.29) is 31.4 Å². The van der Waals surface area contributed by atoms with Crippen molar-refractivity contribution in [2.24, 2.45) is 5.92 Å². The maximum Gasteiger partial charge on any atom is 0.407 e. The fourth-order valence-electron chi connectivity index (χ4n) is 4.27. The Morgan fingerprint density at radius 1 is 0.971 bits per heavy atom. The van der Waals surface area contributed by atoms with Crippen molar-refractivity contribution in [1.29, 1.82) is 0 Å². The highest BCUT2D eigenvalue weighted by Gasteiger charge is 2.30. The first-order valence-corrected chi connectivity index (χ1v) is 11.5. The minimum Gasteiger partial charge on any atom is -0.481 e. The Morgan fingerprint density at radius 2 is 1.53 bits per heavy atom. The van der Waals surface area contributed by atoms with Gasteiger partial charge in [0, 0.05) is 18.5 Å². The zero-order valence-electron chi connectivity index (χ0n) is 20.1. The van der Waals surface area contributed by atoms with Gasteiger partial charge in [0.2, 0.25) is 5.91 Å². The summed E-state index contributed by atoms with van der Waals surface area (Å²) in [7, 11) is 3.58. The summed E-state index contributed by atoms with van der Waals surface area (Å²) in [5.74, 6) is -1.59. The molecule has 2 atom stereocenters. The smallest absolute Gasteiger partial charge is 0.407 e. The number of carbonyl (C=O) groups excluding carboxylic acids is 2. The molecule has 1 aliphatic rings. The number of fused-ring (bicyclic) bond motifs is 3. The molecule has 0 heterocycles. The van der Waals surface area contributed by atoms with Crippen LogP contribution in [0.3, 0.4) is 0 Å². The molecule has 0 saturated carbocycles. The Labute approximate surface area is 200 Å². The Kier molecular flexibility index (Phi) is 8.28. The van der Waals surface area contributed by atoms with Gasteiger partial charge in [-0.3, -0.25) is 9.59 Å². The molecular formula is C26H33N3O5. The second-order valence-corrected chi connectivity index (χ2v) is 9.24. The maximum absolute atomic E-state index is 12.9. The zero-order valence-corrected chi connectivity index (χ0v) is 20.1. The number of ether oxygens (including phenoxy) is 1. The van der Waals surface area contributed by atoms with Crippen LogP contribution >= 0.6 is 0 Å². The van der Waals surface area contributed by atoms with Crippen LogP contribution < -0.4 is 10.6 Å². The normalized spacial score (nSPS) is 14.3. The third-order valence-corrected chi connectivity index (χ3v) is 6.03. The number of benzene rings is 2. The second-order valence-electron chi connectivity index (χ2n) is 9.24. The predicted molar refractivity (Wildman–Crippen MR) is 130 cm³/mol. The van der Waals surface area contributed by atoms with E-state index in [0.29, 0.717) is 0 Å².